The number of anilines is 1. The van der Waals surface area contributed by atoms with Crippen molar-refractivity contribution >= 4 is 47.7 Å². The fourth-order valence-electron chi connectivity index (χ4n) is 4.70. The Labute approximate surface area is 287 Å². The summed E-state index contributed by atoms with van der Waals surface area (Å²) >= 11 is 1.50. The third-order valence-corrected chi connectivity index (χ3v) is 14.6. The summed E-state index contributed by atoms with van der Waals surface area (Å²) in [6.07, 6.45) is 1.02. The number of rotatable bonds is 13. The number of carbonyl (C=O) groups is 2. The highest BCUT2D eigenvalue weighted by atomic mass is 32.2. The van der Waals surface area contributed by atoms with Crippen LogP contribution in [0.2, 0.25) is 18.1 Å². The molecule has 0 aromatic heterocycles. The molecule has 13 heteroatoms. The molecule has 1 aliphatic heterocycles. The van der Waals surface area contributed by atoms with Crippen LogP contribution in [0.4, 0.5) is 10.1 Å². The van der Waals surface area contributed by atoms with Gasteiger partial charge in [-0.25, -0.2) is 22.3 Å². The Morgan fingerprint density at radius 1 is 1.12 bits per heavy atom. The summed E-state index contributed by atoms with van der Waals surface area (Å²) in [6.45, 7) is 10.3. The van der Waals surface area contributed by atoms with Crippen LogP contribution in [0.15, 0.2) is 71.6 Å². The zero-order valence-corrected chi connectivity index (χ0v) is 30.5. The van der Waals surface area contributed by atoms with E-state index in [0.717, 1.165) is 22.3 Å². The number of hydrogen-bond donors (Lipinski definition) is 2. The number of halogens is 1. The minimum atomic E-state index is -3.41. The van der Waals surface area contributed by atoms with E-state index < -0.39 is 30.9 Å². The standard InChI is InChI=1S/C35H41FN2O7S2Si/c1-35(2,3)48(5,6)45-31(25-9-14-27(36)15-10-25)23-46-32-20-28(16-11-26(32)8-7-19-37-47(4,42)43)38-30(21-33(38)39)24-12-17-29(18-13-24)44-22-34(40)41/h9-18,20,30-31,37H,19,21-23H2,1-6H3,(H,40,41)/t30?,31-/m1/s1. The lowest BCUT2D eigenvalue weighted by atomic mass is 9.93. The Bertz CT molecular complexity index is 1800. The van der Waals surface area contributed by atoms with E-state index in [0.29, 0.717) is 29.2 Å². The van der Waals surface area contributed by atoms with Crippen LogP contribution in [0.1, 0.15) is 56.0 Å². The first-order valence-corrected chi connectivity index (χ1v) is 21.1. The van der Waals surface area contributed by atoms with E-state index >= 15 is 0 Å². The maximum absolute atomic E-state index is 13.9. The third-order valence-electron chi connectivity index (χ3n) is 8.34. The zero-order valence-electron chi connectivity index (χ0n) is 27.9. The van der Waals surface area contributed by atoms with Crippen molar-refractivity contribution in [3.8, 4) is 17.6 Å². The molecule has 3 aromatic carbocycles. The van der Waals surface area contributed by atoms with Gasteiger partial charge in [0.15, 0.2) is 14.9 Å². The molecular formula is C35H41FN2O7S2Si. The summed E-state index contributed by atoms with van der Waals surface area (Å²) in [4.78, 5) is 26.3. The van der Waals surface area contributed by atoms with Crippen molar-refractivity contribution in [3.05, 3.63) is 89.2 Å². The second-order valence-electron chi connectivity index (χ2n) is 13.0. The molecule has 48 heavy (non-hydrogen) atoms. The molecule has 0 bridgehead atoms. The number of thioether (sulfide) groups is 1. The van der Waals surface area contributed by atoms with Gasteiger partial charge in [-0.05, 0) is 71.7 Å². The van der Waals surface area contributed by atoms with E-state index in [-0.39, 0.29) is 35.5 Å². The molecule has 1 unspecified atom stereocenters. The summed E-state index contributed by atoms with van der Waals surface area (Å²) < 4.78 is 51.5. The van der Waals surface area contributed by atoms with E-state index in [1.807, 2.05) is 30.3 Å². The van der Waals surface area contributed by atoms with Crippen LogP contribution >= 0.6 is 11.8 Å². The number of β-lactam (4-membered cyclic amide) rings is 1. The van der Waals surface area contributed by atoms with E-state index in [2.05, 4.69) is 50.4 Å². The number of amides is 1. The topological polar surface area (TPSA) is 122 Å². The van der Waals surface area contributed by atoms with Gasteiger partial charge in [-0.1, -0.05) is 56.9 Å². The lowest BCUT2D eigenvalue weighted by molar-refractivity contribution is -0.139. The highest BCUT2D eigenvalue weighted by molar-refractivity contribution is 7.99. The fourth-order valence-corrected chi connectivity index (χ4v) is 7.51. The number of aliphatic carboxylic acids is 1. The molecule has 256 valence electrons. The molecule has 1 fully saturated rings. The SMILES string of the molecule is CC(C)(C)[Si](C)(C)O[C@H](CSc1cc(N2C(=O)CC2c2ccc(OCC(=O)O)cc2)ccc1C#CCNS(C)(=O)=O)c1ccc(F)cc1. The van der Waals surface area contributed by atoms with Crippen LogP contribution in [0.5, 0.6) is 5.75 Å². The van der Waals surface area contributed by atoms with Crippen LogP contribution < -0.4 is 14.4 Å². The van der Waals surface area contributed by atoms with Crippen molar-refractivity contribution in [1.29, 1.82) is 0 Å². The molecule has 0 spiro atoms. The van der Waals surface area contributed by atoms with Gasteiger partial charge in [-0.15, -0.1) is 11.8 Å². The van der Waals surface area contributed by atoms with Gasteiger partial charge in [0.1, 0.15) is 11.6 Å². The number of benzene rings is 3. The molecule has 3 aromatic rings. The van der Waals surface area contributed by atoms with Gasteiger partial charge in [0.2, 0.25) is 15.9 Å². The van der Waals surface area contributed by atoms with Gasteiger partial charge in [0, 0.05) is 21.9 Å². The fraction of sp³-hybridized carbons (Fsp3) is 0.371. The Balaban J connectivity index is 1.65. The van der Waals surface area contributed by atoms with Crippen molar-refractivity contribution in [3.63, 3.8) is 0 Å². The predicted molar refractivity (Wildman–Crippen MR) is 189 cm³/mol. The Morgan fingerprint density at radius 2 is 1.79 bits per heavy atom. The summed E-state index contributed by atoms with van der Waals surface area (Å²) in [5, 5.41) is 8.82. The van der Waals surface area contributed by atoms with Gasteiger partial charge >= 0.3 is 5.97 Å². The average Bonchev–Trinajstić information content (AvgIpc) is 2.99. The lowest BCUT2D eigenvalue weighted by Gasteiger charge is -2.41. The molecule has 2 atom stereocenters. The number of carboxylic acid groups (broad SMARTS) is 1. The zero-order chi connectivity index (χ0) is 35.3. The summed E-state index contributed by atoms with van der Waals surface area (Å²) in [5.74, 6) is 5.39. The van der Waals surface area contributed by atoms with Gasteiger partial charge in [0.25, 0.3) is 0 Å². The Hall–Kier alpha value is -3.67. The van der Waals surface area contributed by atoms with E-state index in [1.165, 1.54) is 23.9 Å². The van der Waals surface area contributed by atoms with Crippen molar-refractivity contribution in [2.45, 2.75) is 62.4 Å². The average molecular weight is 713 g/mol. The summed E-state index contributed by atoms with van der Waals surface area (Å²) in [6, 6.07) is 18.6. The number of ether oxygens (including phenoxy) is 1. The third kappa shape index (κ3) is 9.93. The lowest BCUT2D eigenvalue weighted by Crippen LogP contribution is -2.46. The minimum absolute atomic E-state index is 0.0520. The molecule has 1 heterocycles. The van der Waals surface area contributed by atoms with Crippen molar-refractivity contribution < 1.29 is 36.7 Å². The number of carboxylic acids is 1. The van der Waals surface area contributed by atoms with Crippen LogP contribution in [0.3, 0.4) is 0 Å². The van der Waals surface area contributed by atoms with Crippen LogP contribution in [0, 0.1) is 17.7 Å². The second-order valence-corrected chi connectivity index (χ2v) is 20.7. The van der Waals surface area contributed by atoms with Gasteiger partial charge in [-0.2, -0.15) is 0 Å². The predicted octanol–water partition coefficient (Wildman–Crippen LogP) is 6.52. The van der Waals surface area contributed by atoms with Crippen molar-refractivity contribution in [1.82, 2.24) is 4.72 Å². The van der Waals surface area contributed by atoms with Gasteiger partial charge < -0.3 is 19.2 Å². The molecule has 2 N–H and O–H groups in total. The maximum Gasteiger partial charge on any atom is 0.341 e. The summed E-state index contributed by atoms with van der Waals surface area (Å²) in [5.41, 5.74) is 3.06. The molecule has 1 amide bonds. The van der Waals surface area contributed by atoms with Crippen LogP contribution in [-0.4, -0.2) is 58.9 Å². The molecule has 0 aliphatic carbocycles. The number of hydrogen-bond acceptors (Lipinski definition) is 7. The number of carbonyl (C=O) groups excluding carboxylic acids is 1. The minimum Gasteiger partial charge on any atom is -0.482 e. The molecule has 4 rings (SSSR count). The van der Waals surface area contributed by atoms with Gasteiger partial charge in [0.05, 0.1) is 31.4 Å². The Kier molecular flexibility index (Phi) is 11.8. The number of nitrogens with zero attached hydrogens (tertiary/aromatic N) is 1. The van der Waals surface area contributed by atoms with Gasteiger partial charge in [-0.3, -0.25) is 4.79 Å². The van der Waals surface area contributed by atoms with E-state index in [1.54, 1.807) is 29.2 Å². The van der Waals surface area contributed by atoms with Crippen molar-refractivity contribution in [2.75, 3.05) is 30.1 Å². The Morgan fingerprint density at radius 3 is 2.38 bits per heavy atom. The van der Waals surface area contributed by atoms with Crippen molar-refractivity contribution in [2.24, 2.45) is 0 Å². The smallest absolute Gasteiger partial charge is 0.341 e. The normalized spacial score (nSPS) is 15.7. The molecule has 9 nitrogen and oxygen atoms in total. The quantitative estimate of drug-likeness (QED) is 0.0889. The van der Waals surface area contributed by atoms with E-state index in [9.17, 15) is 22.4 Å². The monoisotopic (exact) mass is 712 g/mol. The highest BCUT2D eigenvalue weighted by Crippen LogP contribution is 2.43. The first kappa shape index (κ1) is 37.2. The molecule has 1 saturated heterocycles. The molecular weight excluding hydrogens is 672 g/mol. The van der Waals surface area contributed by atoms with Crippen LogP contribution in [-0.2, 0) is 24.0 Å². The first-order chi connectivity index (χ1) is 22.4. The molecule has 0 radical (unpaired) electrons. The highest BCUT2D eigenvalue weighted by Gasteiger charge is 2.40. The first-order valence-electron chi connectivity index (χ1n) is 15.3. The van der Waals surface area contributed by atoms with E-state index in [4.69, 9.17) is 14.3 Å². The molecule has 1 aliphatic rings. The largest absolute Gasteiger partial charge is 0.482 e. The second kappa shape index (κ2) is 15.3. The molecule has 0 saturated carbocycles. The number of nitrogens with one attached hydrogen (secondary N) is 1. The number of sulfonamides is 1. The maximum atomic E-state index is 13.9. The van der Waals surface area contributed by atoms with Crippen LogP contribution in [0.25, 0.3) is 0 Å². The summed E-state index contributed by atoms with van der Waals surface area (Å²) in [7, 11) is -5.66.